The van der Waals surface area contributed by atoms with E-state index in [-0.39, 0.29) is 6.08 Å². The highest BCUT2D eigenvalue weighted by Crippen LogP contribution is 2.18. The van der Waals surface area contributed by atoms with E-state index in [9.17, 15) is 18.0 Å². The van der Waals surface area contributed by atoms with Crippen LogP contribution in [0.5, 0.6) is 0 Å². The molecule has 5 heteroatoms. The van der Waals surface area contributed by atoms with Crippen LogP contribution in [0.1, 0.15) is 15.9 Å². The van der Waals surface area contributed by atoms with Gasteiger partial charge in [-0.2, -0.15) is 13.2 Å². The van der Waals surface area contributed by atoms with Crippen molar-refractivity contribution in [2.75, 3.05) is 7.11 Å². The molecule has 0 saturated heterocycles. The molecule has 1 aromatic rings. The standard InChI is InChI=1S/C11H9F3O2/c1-16-10(15)9-4-2-8(3-5-9)6-7-11(12,13)14/h2-7H,1H3. The Labute approximate surface area is 90.3 Å². The second kappa shape index (κ2) is 4.83. The summed E-state index contributed by atoms with van der Waals surface area (Å²) in [6.45, 7) is 0. The number of esters is 1. The van der Waals surface area contributed by atoms with Gasteiger partial charge in [0.25, 0.3) is 0 Å². The minimum atomic E-state index is -4.33. The summed E-state index contributed by atoms with van der Waals surface area (Å²) in [5, 5.41) is 0. The minimum absolute atomic E-state index is 0.139. The third kappa shape index (κ3) is 3.76. The molecule has 0 atom stereocenters. The molecule has 0 saturated carbocycles. The highest BCUT2D eigenvalue weighted by atomic mass is 19.4. The van der Waals surface area contributed by atoms with Crippen LogP contribution < -0.4 is 0 Å². The zero-order chi connectivity index (χ0) is 12.2. The van der Waals surface area contributed by atoms with Gasteiger partial charge >= 0.3 is 12.1 Å². The first-order valence-electron chi connectivity index (χ1n) is 4.37. The Morgan fingerprint density at radius 3 is 2.25 bits per heavy atom. The van der Waals surface area contributed by atoms with Crippen molar-refractivity contribution in [3.8, 4) is 0 Å². The third-order valence-electron chi connectivity index (χ3n) is 1.80. The number of hydrogen-bond acceptors (Lipinski definition) is 2. The molecule has 0 unspecified atom stereocenters. The van der Waals surface area contributed by atoms with Crippen LogP contribution in [0, 0.1) is 0 Å². The van der Waals surface area contributed by atoms with Gasteiger partial charge in [-0.1, -0.05) is 18.2 Å². The molecule has 0 heterocycles. The maximum atomic E-state index is 11.8. The summed E-state index contributed by atoms with van der Waals surface area (Å²) >= 11 is 0. The summed E-state index contributed by atoms with van der Waals surface area (Å²) in [5.41, 5.74) is 0.664. The largest absolute Gasteiger partial charge is 0.465 e. The Bertz CT molecular complexity index is 391. The molecule has 86 valence electrons. The van der Waals surface area contributed by atoms with Gasteiger partial charge in [-0.3, -0.25) is 0 Å². The Morgan fingerprint density at radius 2 is 1.81 bits per heavy atom. The molecule has 2 nitrogen and oxygen atoms in total. The Morgan fingerprint density at radius 1 is 1.25 bits per heavy atom. The minimum Gasteiger partial charge on any atom is -0.465 e. The van der Waals surface area contributed by atoms with Gasteiger partial charge in [0.15, 0.2) is 0 Å². The number of hydrogen-bond donors (Lipinski definition) is 0. The van der Waals surface area contributed by atoms with Crippen LogP contribution in [-0.2, 0) is 4.74 Å². The van der Waals surface area contributed by atoms with E-state index in [1.54, 1.807) is 0 Å². The van der Waals surface area contributed by atoms with Gasteiger partial charge in [0.05, 0.1) is 12.7 Å². The number of benzene rings is 1. The second-order valence-corrected chi connectivity index (χ2v) is 2.99. The maximum absolute atomic E-state index is 11.8. The number of allylic oxidation sites excluding steroid dienone is 1. The Hall–Kier alpha value is -1.78. The number of carbonyl (C=O) groups is 1. The van der Waals surface area contributed by atoms with Crippen molar-refractivity contribution in [3.05, 3.63) is 41.5 Å². The van der Waals surface area contributed by atoms with E-state index < -0.39 is 12.1 Å². The third-order valence-corrected chi connectivity index (χ3v) is 1.80. The van der Waals surface area contributed by atoms with E-state index in [1.165, 1.54) is 31.4 Å². The molecule has 0 aliphatic rings. The lowest BCUT2D eigenvalue weighted by Gasteiger charge is -2.00. The fraction of sp³-hybridized carbons (Fsp3) is 0.182. The predicted molar refractivity (Wildman–Crippen MR) is 52.9 cm³/mol. The van der Waals surface area contributed by atoms with Gasteiger partial charge in [-0.25, -0.2) is 4.79 Å². The molecule has 0 spiro atoms. The van der Waals surface area contributed by atoms with E-state index in [1.807, 2.05) is 0 Å². The van der Waals surface area contributed by atoms with Crippen molar-refractivity contribution in [1.82, 2.24) is 0 Å². The molecule has 0 bridgehead atoms. The lowest BCUT2D eigenvalue weighted by molar-refractivity contribution is -0.0790. The maximum Gasteiger partial charge on any atom is 0.409 e. The van der Waals surface area contributed by atoms with Crippen LogP contribution in [0.3, 0.4) is 0 Å². The van der Waals surface area contributed by atoms with Gasteiger partial charge in [-0.05, 0) is 17.7 Å². The molecular weight excluding hydrogens is 221 g/mol. The van der Waals surface area contributed by atoms with Gasteiger partial charge in [0.1, 0.15) is 0 Å². The Balaban J connectivity index is 2.80. The number of alkyl halides is 3. The van der Waals surface area contributed by atoms with E-state index in [0.717, 1.165) is 6.08 Å². The number of halogens is 3. The molecule has 0 aliphatic heterocycles. The smallest absolute Gasteiger partial charge is 0.409 e. The number of methoxy groups -OCH3 is 1. The first-order valence-corrected chi connectivity index (χ1v) is 4.37. The molecule has 0 radical (unpaired) electrons. The fourth-order valence-corrected chi connectivity index (χ4v) is 1.04. The lowest BCUT2D eigenvalue weighted by atomic mass is 10.1. The number of rotatable bonds is 2. The molecule has 16 heavy (non-hydrogen) atoms. The summed E-state index contributed by atoms with van der Waals surface area (Å²) in [4.78, 5) is 11.0. The normalized spacial score (nSPS) is 11.8. The number of ether oxygens (including phenoxy) is 1. The van der Waals surface area contributed by atoms with Crippen molar-refractivity contribution in [1.29, 1.82) is 0 Å². The molecule has 1 rings (SSSR count). The first-order chi connectivity index (χ1) is 7.42. The fourth-order valence-electron chi connectivity index (χ4n) is 1.04. The van der Waals surface area contributed by atoms with Crippen molar-refractivity contribution in [2.45, 2.75) is 6.18 Å². The summed E-state index contributed by atoms with van der Waals surface area (Å²) in [5.74, 6) is -0.522. The lowest BCUT2D eigenvalue weighted by Crippen LogP contribution is -2.01. The van der Waals surface area contributed by atoms with E-state index in [0.29, 0.717) is 11.1 Å². The predicted octanol–water partition coefficient (Wildman–Crippen LogP) is 3.05. The highest BCUT2D eigenvalue weighted by Gasteiger charge is 2.21. The Kier molecular flexibility index (Phi) is 3.71. The van der Waals surface area contributed by atoms with E-state index in [2.05, 4.69) is 4.74 Å². The zero-order valence-electron chi connectivity index (χ0n) is 8.41. The first kappa shape index (κ1) is 12.3. The molecule has 0 fully saturated rings. The quantitative estimate of drug-likeness (QED) is 0.730. The SMILES string of the molecule is COC(=O)c1ccc(C=CC(F)(F)F)cc1. The molecule has 0 aliphatic carbocycles. The molecule has 0 amide bonds. The van der Waals surface area contributed by atoms with Crippen LogP contribution >= 0.6 is 0 Å². The van der Waals surface area contributed by atoms with Crippen LogP contribution in [0.2, 0.25) is 0 Å². The van der Waals surface area contributed by atoms with Gasteiger partial charge < -0.3 is 4.74 Å². The van der Waals surface area contributed by atoms with Crippen molar-refractivity contribution < 1.29 is 22.7 Å². The van der Waals surface area contributed by atoms with Gasteiger partial charge in [-0.15, -0.1) is 0 Å². The molecule has 0 aromatic heterocycles. The van der Waals surface area contributed by atoms with Crippen LogP contribution in [0.15, 0.2) is 30.3 Å². The second-order valence-electron chi connectivity index (χ2n) is 2.99. The van der Waals surface area contributed by atoms with E-state index in [4.69, 9.17) is 0 Å². The number of carbonyl (C=O) groups excluding carboxylic acids is 1. The average molecular weight is 230 g/mol. The van der Waals surface area contributed by atoms with E-state index >= 15 is 0 Å². The van der Waals surface area contributed by atoms with Crippen molar-refractivity contribution >= 4 is 12.0 Å². The van der Waals surface area contributed by atoms with Crippen molar-refractivity contribution in [3.63, 3.8) is 0 Å². The van der Waals surface area contributed by atoms with Gasteiger partial charge in [0, 0.05) is 6.08 Å². The molecular formula is C11H9F3O2. The van der Waals surface area contributed by atoms with Crippen LogP contribution in [0.25, 0.3) is 6.08 Å². The zero-order valence-corrected chi connectivity index (χ0v) is 8.41. The van der Waals surface area contributed by atoms with Crippen LogP contribution in [-0.4, -0.2) is 19.3 Å². The summed E-state index contributed by atoms with van der Waals surface area (Å²) in [6, 6.07) is 5.63. The monoisotopic (exact) mass is 230 g/mol. The van der Waals surface area contributed by atoms with Gasteiger partial charge in [0.2, 0.25) is 0 Å². The summed E-state index contributed by atoms with van der Waals surface area (Å²) in [7, 11) is 1.24. The average Bonchev–Trinajstić information content (AvgIpc) is 2.25. The molecule has 0 N–H and O–H groups in total. The summed E-state index contributed by atoms with van der Waals surface area (Å²) in [6.07, 6.45) is -3.26. The van der Waals surface area contributed by atoms with Crippen molar-refractivity contribution in [2.24, 2.45) is 0 Å². The van der Waals surface area contributed by atoms with Crippen LogP contribution in [0.4, 0.5) is 13.2 Å². The highest BCUT2D eigenvalue weighted by molar-refractivity contribution is 5.89. The molecule has 1 aromatic carbocycles. The summed E-state index contributed by atoms with van der Waals surface area (Å²) < 4.78 is 40.0. The topological polar surface area (TPSA) is 26.3 Å².